The molecule has 0 spiro atoms. The van der Waals surface area contributed by atoms with Crippen LogP contribution in [0, 0.1) is 0 Å². The van der Waals surface area contributed by atoms with Crippen molar-refractivity contribution in [3.8, 4) is 0 Å². The molecule has 0 saturated carbocycles. The number of carboxylic acid groups (broad SMARTS) is 1. The Labute approximate surface area is 284 Å². The van der Waals surface area contributed by atoms with Crippen molar-refractivity contribution in [1.82, 2.24) is 0 Å². The summed E-state index contributed by atoms with van der Waals surface area (Å²) in [5, 5.41) is 8.81. The molecule has 3 atom stereocenters. The number of carboxylic acids is 1. The van der Waals surface area contributed by atoms with Gasteiger partial charge in [-0.25, -0.2) is 4.57 Å². The van der Waals surface area contributed by atoms with E-state index in [-0.39, 0.29) is 19.4 Å². The molecule has 4 N–H and O–H groups in total. The van der Waals surface area contributed by atoms with E-state index in [0.29, 0.717) is 12.8 Å². The van der Waals surface area contributed by atoms with Crippen LogP contribution in [0.5, 0.6) is 0 Å². The molecule has 0 aromatic heterocycles. The number of aliphatic carboxylic acids is 1. The fraction of sp³-hybridized carbons (Fsp3) is 0.857. The summed E-state index contributed by atoms with van der Waals surface area (Å²) in [6.07, 6.45) is 27.9. The van der Waals surface area contributed by atoms with E-state index >= 15 is 0 Å². The number of unbranched alkanes of at least 4 members (excludes halogenated alkanes) is 18. The van der Waals surface area contributed by atoms with Crippen LogP contribution in [0.2, 0.25) is 0 Å². The number of phosphoric ester groups is 1. The summed E-state index contributed by atoms with van der Waals surface area (Å²) >= 11 is 0. The van der Waals surface area contributed by atoms with E-state index in [1.54, 1.807) is 0 Å². The number of phosphoric acid groups is 1. The van der Waals surface area contributed by atoms with E-state index in [2.05, 4.69) is 30.5 Å². The monoisotopic (exact) mass is 691 g/mol. The van der Waals surface area contributed by atoms with Gasteiger partial charge in [-0.1, -0.05) is 122 Å². The molecule has 0 fully saturated rings. The minimum absolute atomic E-state index is 0.161. The van der Waals surface area contributed by atoms with Gasteiger partial charge in [0.15, 0.2) is 6.10 Å². The third-order valence-corrected chi connectivity index (χ3v) is 8.71. The topological polar surface area (TPSA) is 172 Å². The zero-order valence-electron chi connectivity index (χ0n) is 29.4. The summed E-state index contributed by atoms with van der Waals surface area (Å²) in [5.74, 6) is -2.40. The molecule has 0 saturated heterocycles. The number of esters is 2. The number of carbonyl (C=O) groups excluding carboxylic acids is 2. The van der Waals surface area contributed by atoms with Crippen LogP contribution < -0.4 is 5.73 Å². The van der Waals surface area contributed by atoms with Gasteiger partial charge in [-0.3, -0.25) is 23.4 Å². The number of hydrogen-bond acceptors (Lipinski definition) is 9. The van der Waals surface area contributed by atoms with Crippen molar-refractivity contribution in [2.24, 2.45) is 5.73 Å². The maximum atomic E-state index is 12.5. The van der Waals surface area contributed by atoms with E-state index in [9.17, 15) is 23.8 Å². The molecule has 0 aromatic rings. The fourth-order valence-electron chi connectivity index (χ4n) is 4.82. The van der Waals surface area contributed by atoms with E-state index in [1.165, 1.54) is 83.5 Å². The molecule has 0 aliphatic rings. The molecule has 0 radical (unpaired) electrons. The van der Waals surface area contributed by atoms with Crippen molar-refractivity contribution in [1.29, 1.82) is 0 Å². The fourth-order valence-corrected chi connectivity index (χ4v) is 5.60. The lowest BCUT2D eigenvalue weighted by molar-refractivity contribution is -0.161. The Balaban J connectivity index is 4.20. The van der Waals surface area contributed by atoms with Gasteiger partial charge < -0.3 is 25.2 Å². The van der Waals surface area contributed by atoms with Gasteiger partial charge in [0.05, 0.1) is 13.2 Å². The normalized spacial score (nSPS) is 14.1. The Morgan fingerprint density at radius 3 is 1.57 bits per heavy atom. The van der Waals surface area contributed by atoms with Crippen LogP contribution in [0.4, 0.5) is 0 Å². The molecule has 0 aliphatic heterocycles. The Hall–Kier alpha value is -1.78. The summed E-state index contributed by atoms with van der Waals surface area (Å²) in [4.78, 5) is 45.2. The van der Waals surface area contributed by atoms with Crippen LogP contribution in [0.3, 0.4) is 0 Å². The minimum Gasteiger partial charge on any atom is -0.480 e. The second-order valence-corrected chi connectivity index (χ2v) is 13.8. The van der Waals surface area contributed by atoms with Crippen LogP contribution >= 0.6 is 7.82 Å². The number of ether oxygens (including phenoxy) is 2. The summed E-state index contributed by atoms with van der Waals surface area (Å²) in [6, 6.07) is -1.52. The van der Waals surface area contributed by atoms with Crippen LogP contribution in [0.25, 0.3) is 0 Å². The summed E-state index contributed by atoms with van der Waals surface area (Å²) in [7, 11) is -4.69. The molecule has 0 aromatic carbocycles. The summed E-state index contributed by atoms with van der Waals surface area (Å²) in [5.41, 5.74) is 5.29. The molecule has 47 heavy (non-hydrogen) atoms. The van der Waals surface area contributed by atoms with Crippen molar-refractivity contribution in [3.05, 3.63) is 12.2 Å². The minimum atomic E-state index is -4.69. The van der Waals surface area contributed by atoms with Crippen LogP contribution in [0.15, 0.2) is 12.2 Å². The van der Waals surface area contributed by atoms with Gasteiger partial charge in [-0.2, -0.15) is 0 Å². The molecule has 0 heterocycles. The average molecular weight is 692 g/mol. The van der Waals surface area contributed by atoms with E-state index < -0.39 is 51.1 Å². The maximum Gasteiger partial charge on any atom is 0.472 e. The number of nitrogens with two attached hydrogens (primary N) is 1. The van der Waals surface area contributed by atoms with E-state index in [1.807, 2.05) is 0 Å². The quantitative estimate of drug-likeness (QED) is 0.0255. The van der Waals surface area contributed by atoms with Crippen molar-refractivity contribution in [3.63, 3.8) is 0 Å². The first-order valence-corrected chi connectivity index (χ1v) is 19.7. The zero-order valence-corrected chi connectivity index (χ0v) is 30.3. The predicted molar refractivity (Wildman–Crippen MR) is 185 cm³/mol. The lowest BCUT2D eigenvalue weighted by Crippen LogP contribution is -2.34. The molecular weight excluding hydrogens is 625 g/mol. The number of allylic oxidation sites excluding steroid dienone is 2. The predicted octanol–water partition coefficient (Wildman–Crippen LogP) is 8.56. The highest BCUT2D eigenvalue weighted by Crippen LogP contribution is 2.43. The van der Waals surface area contributed by atoms with Gasteiger partial charge in [-0.05, 0) is 38.5 Å². The summed E-state index contributed by atoms with van der Waals surface area (Å²) < 4.78 is 32.2. The van der Waals surface area contributed by atoms with Gasteiger partial charge in [0.2, 0.25) is 0 Å². The number of rotatable bonds is 34. The molecular formula is C35H66NO10P. The Kier molecular flexibility index (Phi) is 30.3. The van der Waals surface area contributed by atoms with Gasteiger partial charge in [0.25, 0.3) is 0 Å². The number of hydrogen-bond donors (Lipinski definition) is 3. The first-order valence-electron chi connectivity index (χ1n) is 18.2. The lowest BCUT2D eigenvalue weighted by atomic mass is 10.1. The summed E-state index contributed by atoms with van der Waals surface area (Å²) in [6.45, 7) is 2.64. The Bertz CT molecular complexity index is 869. The maximum absolute atomic E-state index is 12.5. The van der Waals surface area contributed by atoms with E-state index in [4.69, 9.17) is 24.8 Å². The van der Waals surface area contributed by atoms with E-state index in [0.717, 1.165) is 38.5 Å². The number of carbonyl (C=O) groups is 3. The first-order chi connectivity index (χ1) is 22.6. The molecule has 0 amide bonds. The lowest BCUT2D eigenvalue weighted by Gasteiger charge is -2.20. The second-order valence-electron chi connectivity index (χ2n) is 12.4. The smallest absolute Gasteiger partial charge is 0.472 e. The standard InChI is InChI=1S/C35H66NO10P/c1-3-5-7-9-10-11-12-13-14-15-16-17-18-19-20-21-22-23-25-27-34(38)46-31(28-43-33(37)26-24-8-6-4-2)29-44-47(41,42)45-30-32(36)35(39)40/h13-14,31-32H,3-12,15-30,36H2,1-2H3,(H,39,40)(H,41,42)/b14-13-. The van der Waals surface area contributed by atoms with Crippen molar-refractivity contribution >= 4 is 25.7 Å². The van der Waals surface area contributed by atoms with Crippen molar-refractivity contribution < 1.29 is 47.5 Å². The van der Waals surface area contributed by atoms with Crippen LogP contribution in [0.1, 0.15) is 162 Å². The third-order valence-electron chi connectivity index (χ3n) is 7.76. The van der Waals surface area contributed by atoms with Crippen molar-refractivity contribution in [2.75, 3.05) is 19.8 Å². The van der Waals surface area contributed by atoms with Crippen molar-refractivity contribution in [2.45, 2.75) is 174 Å². The van der Waals surface area contributed by atoms with Crippen LogP contribution in [-0.2, 0) is 37.5 Å². The third kappa shape index (κ3) is 31.3. The molecule has 0 aliphatic carbocycles. The first kappa shape index (κ1) is 45.2. The van der Waals surface area contributed by atoms with Gasteiger partial charge >= 0.3 is 25.7 Å². The van der Waals surface area contributed by atoms with Gasteiger partial charge in [-0.15, -0.1) is 0 Å². The Morgan fingerprint density at radius 1 is 0.638 bits per heavy atom. The van der Waals surface area contributed by atoms with Gasteiger partial charge in [0.1, 0.15) is 12.6 Å². The highest BCUT2D eigenvalue weighted by molar-refractivity contribution is 7.47. The molecule has 0 bridgehead atoms. The highest BCUT2D eigenvalue weighted by atomic mass is 31.2. The molecule has 0 rings (SSSR count). The molecule has 12 heteroatoms. The largest absolute Gasteiger partial charge is 0.480 e. The highest BCUT2D eigenvalue weighted by Gasteiger charge is 2.28. The zero-order chi connectivity index (χ0) is 35.0. The second kappa shape index (κ2) is 31.5. The van der Waals surface area contributed by atoms with Crippen LogP contribution in [-0.4, -0.2) is 59.9 Å². The molecule has 11 nitrogen and oxygen atoms in total. The Morgan fingerprint density at radius 2 is 1.06 bits per heavy atom. The molecule has 3 unspecified atom stereocenters. The average Bonchev–Trinajstić information content (AvgIpc) is 3.04. The van der Waals surface area contributed by atoms with Gasteiger partial charge in [0, 0.05) is 12.8 Å². The molecule has 276 valence electrons. The SMILES string of the molecule is CCCCCCCC/C=C\CCCCCCCCCCCC(=O)OC(COC(=O)CCCCCC)COP(=O)(O)OCC(N)C(=O)O.